The van der Waals surface area contributed by atoms with Crippen LogP contribution in [-0.2, 0) is 9.63 Å². The summed E-state index contributed by atoms with van der Waals surface area (Å²) in [6.07, 6.45) is 0. The van der Waals surface area contributed by atoms with E-state index in [1.807, 2.05) is 0 Å². The minimum absolute atomic E-state index is 0.0236. The van der Waals surface area contributed by atoms with Crippen molar-refractivity contribution in [3.63, 3.8) is 0 Å². The van der Waals surface area contributed by atoms with Crippen LogP contribution in [0.15, 0.2) is 17.3 Å². The van der Waals surface area contributed by atoms with E-state index in [1.165, 1.54) is 13.0 Å². The van der Waals surface area contributed by atoms with Gasteiger partial charge in [-0.3, -0.25) is 10.1 Å². The second-order valence-corrected chi connectivity index (χ2v) is 3.77. The van der Waals surface area contributed by atoms with Gasteiger partial charge >= 0.3 is 11.7 Å². The molecule has 0 heterocycles. The normalized spacial score (nSPS) is 11.2. The molecule has 0 radical (unpaired) electrons. The first-order chi connectivity index (χ1) is 8.32. The van der Waals surface area contributed by atoms with Crippen molar-refractivity contribution < 1.29 is 19.7 Å². The quantitative estimate of drug-likeness (QED) is 0.393. The van der Waals surface area contributed by atoms with Gasteiger partial charge in [0.05, 0.1) is 10.6 Å². The Kier molecular flexibility index (Phi) is 4.22. The third kappa shape index (κ3) is 3.17. The molecule has 1 aromatic carbocycles. The maximum Gasteiger partial charge on any atom is 0.331 e. The molecule has 1 rings (SSSR count). The van der Waals surface area contributed by atoms with Crippen LogP contribution in [0.3, 0.4) is 0 Å². The molecule has 0 aliphatic carbocycles. The fourth-order valence-corrected chi connectivity index (χ4v) is 1.39. The number of hydrogen-bond donors (Lipinski definition) is 1. The summed E-state index contributed by atoms with van der Waals surface area (Å²) in [6, 6.07) is 2.30. The Morgan fingerprint density at radius 1 is 1.50 bits per heavy atom. The number of phenolic OH excluding ortho intramolecular Hbond substituents is 1. The van der Waals surface area contributed by atoms with Gasteiger partial charge in [-0.1, -0.05) is 16.8 Å². The number of carbonyl (C=O) groups excluding carboxylic acids is 1. The molecule has 7 nitrogen and oxygen atoms in total. The molecule has 0 saturated heterocycles. The molecule has 18 heavy (non-hydrogen) atoms. The third-order valence-electron chi connectivity index (χ3n) is 1.95. The van der Waals surface area contributed by atoms with Gasteiger partial charge in [-0.15, -0.1) is 0 Å². The van der Waals surface area contributed by atoms with Crippen molar-refractivity contribution in [2.75, 3.05) is 0 Å². The summed E-state index contributed by atoms with van der Waals surface area (Å²) in [4.78, 5) is 24.9. The molecule has 0 bridgehead atoms. The summed E-state index contributed by atoms with van der Waals surface area (Å²) in [5, 5.41) is 23.9. The predicted octanol–water partition coefficient (Wildman–Crippen LogP) is 2.24. The maximum atomic E-state index is 10.7. The van der Waals surface area contributed by atoms with E-state index in [0.29, 0.717) is 0 Å². The molecule has 1 aromatic rings. The zero-order valence-corrected chi connectivity index (χ0v) is 10.3. The van der Waals surface area contributed by atoms with Crippen molar-refractivity contribution in [1.29, 1.82) is 0 Å². The van der Waals surface area contributed by atoms with Crippen molar-refractivity contribution in [1.82, 2.24) is 0 Å². The van der Waals surface area contributed by atoms with Gasteiger partial charge in [0.15, 0.2) is 0 Å². The average molecular weight is 273 g/mol. The molecule has 0 aromatic heterocycles. The summed E-state index contributed by atoms with van der Waals surface area (Å²) in [6.45, 7) is 2.56. The van der Waals surface area contributed by atoms with Crippen LogP contribution in [0.4, 0.5) is 5.69 Å². The first-order valence-electron chi connectivity index (χ1n) is 4.72. The molecular weight excluding hydrogens is 264 g/mol. The third-order valence-corrected chi connectivity index (χ3v) is 2.17. The first kappa shape index (κ1) is 13.9. The van der Waals surface area contributed by atoms with Gasteiger partial charge < -0.3 is 9.94 Å². The van der Waals surface area contributed by atoms with Gasteiger partial charge in [0.1, 0.15) is 0 Å². The molecule has 8 heteroatoms. The first-order valence-corrected chi connectivity index (χ1v) is 5.10. The van der Waals surface area contributed by atoms with E-state index in [0.717, 1.165) is 13.0 Å². The van der Waals surface area contributed by atoms with Crippen LogP contribution in [0.1, 0.15) is 19.4 Å². The molecule has 96 valence electrons. The topological polar surface area (TPSA) is 102 Å². The number of nitro benzene ring substituents is 1. The predicted molar refractivity (Wildman–Crippen MR) is 63.7 cm³/mol. The Morgan fingerprint density at radius 2 is 2.11 bits per heavy atom. The van der Waals surface area contributed by atoms with Crippen LogP contribution in [0, 0.1) is 10.1 Å². The monoisotopic (exact) mass is 272 g/mol. The SMILES string of the molecule is CC(=O)ON=C(C)c1cc(Cl)cc([N+](=O)[O-])c1O. The summed E-state index contributed by atoms with van der Waals surface area (Å²) in [7, 11) is 0. The van der Waals surface area contributed by atoms with Crippen molar-refractivity contribution in [2.45, 2.75) is 13.8 Å². The van der Waals surface area contributed by atoms with Gasteiger partial charge in [-0.05, 0) is 13.0 Å². The number of oxime groups is 1. The Labute approximate surface area is 107 Å². The standard InChI is InChI=1S/C10H9ClN2O5/c1-5(12-18-6(2)14)8-3-7(11)4-9(10(8)15)13(16)17/h3-4,15H,1-2H3. The molecule has 1 N–H and O–H groups in total. The van der Waals surface area contributed by atoms with E-state index in [1.54, 1.807) is 0 Å². The van der Waals surface area contributed by atoms with Gasteiger partial charge in [-0.2, -0.15) is 0 Å². The Hall–Kier alpha value is -2.15. The van der Waals surface area contributed by atoms with Crippen LogP contribution < -0.4 is 0 Å². The second-order valence-electron chi connectivity index (χ2n) is 3.34. The molecule has 0 atom stereocenters. The van der Waals surface area contributed by atoms with E-state index in [-0.39, 0.29) is 16.3 Å². The Bertz CT molecular complexity index is 541. The van der Waals surface area contributed by atoms with Crippen molar-refractivity contribution in [2.24, 2.45) is 5.16 Å². The van der Waals surface area contributed by atoms with Crippen LogP contribution >= 0.6 is 11.6 Å². The lowest BCUT2D eigenvalue weighted by molar-refractivity contribution is -0.385. The van der Waals surface area contributed by atoms with E-state index < -0.39 is 22.3 Å². The van der Waals surface area contributed by atoms with Crippen LogP contribution in [0.2, 0.25) is 5.02 Å². The number of nitro groups is 1. The van der Waals surface area contributed by atoms with Gasteiger partial charge in [0, 0.05) is 23.6 Å². The number of nitrogens with zero attached hydrogens (tertiary/aromatic N) is 2. The lowest BCUT2D eigenvalue weighted by Gasteiger charge is -2.05. The molecular formula is C10H9ClN2O5. The number of aromatic hydroxyl groups is 1. The number of hydrogen-bond acceptors (Lipinski definition) is 6. The zero-order chi connectivity index (χ0) is 13.9. The van der Waals surface area contributed by atoms with E-state index >= 15 is 0 Å². The summed E-state index contributed by atoms with van der Waals surface area (Å²) >= 11 is 5.69. The summed E-state index contributed by atoms with van der Waals surface area (Å²) in [5.41, 5.74) is -0.432. The van der Waals surface area contributed by atoms with Crippen LogP contribution in [0.25, 0.3) is 0 Å². The van der Waals surface area contributed by atoms with E-state index in [9.17, 15) is 20.0 Å². The van der Waals surface area contributed by atoms with Crippen LogP contribution in [-0.4, -0.2) is 21.7 Å². The Morgan fingerprint density at radius 3 is 2.61 bits per heavy atom. The number of halogens is 1. The van der Waals surface area contributed by atoms with E-state index in [4.69, 9.17) is 11.6 Å². The second kappa shape index (κ2) is 5.46. The fourth-order valence-electron chi connectivity index (χ4n) is 1.18. The molecule has 0 amide bonds. The highest BCUT2D eigenvalue weighted by atomic mass is 35.5. The molecule has 0 saturated carbocycles. The van der Waals surface area contributed by atoms with Crippen molar-refractivity contribution in [3.8, 4) is 5.75 Å². The number of carbonyl (C=O) groups is 1. The smallest absolute Gasteiger partial charge is 0.331 e. The Balaban J connectivity index is 3.28. The van der Waals surface area contributed by atoms with Gasteiger partial charge in [-0.25, -0.2) is 4.79 Å². The van der Waals surface area contributed by atoms with Crippen LogP contribution in [0.5, 0.6) is 5.75 Å². The lowest BCUT2D eigenvalue weighted by Crippen LogP contribution is -2.01. The fraction of sp³-hybridized carbons (Fsp3) is 0.200. The van der Waals surface area contributed by atoms with Crippen molar-refractivity contribution >= 4 is 29.0 Å². The van der Waals surface area contributed by atoms with Crippen molar-refractivity contribution in [3.05, 3.63) is 32.8 Å². The molecule has 0 aliphatic heterocycles. The van der Waals surface area contributed by atoms with Gasteiger partial charge in [0.25, 0.3) is 0 Å². The summed E-state index contributed by atoms with van der Waals surface area (Å²) < 4.78 is 0. The molecule has 0 unspecified atom stereocenters. The largest absolute Gasteiger partial charge is 0.502 e. The zero-order valence-electron chi connectivity index (χ0n) is 9.51. The lowest BCUT2D eigenvalue weighted by atomic mass is 10.1. The average Bonchev–Trinajstić information content (AvgIpc) is 2.28. The number of phenols is 1. The maximum absolute atomic E-state index is 10.7. The highest BCUT2D eigenvalue weighted by Gasteiger charge is 2.20. The molecule has 0 spiro atoms. The summed E-state index contributed by atoms with van der Waals surface area (Å²) in [5.74, 6) is -1.23. The minimum atomic E-state index is -0.774. The number of benzene rings is 1. The van der Waals surface area contributed by atoms with E-state index in [2.05, 4.69) is 9.99 Å². The molecule has 0 aliphatic rings. The minimum Gasteiger partial charge on any atom is -0.502 e. The highest BCUT2D eigenvalue weighted by Crippen LogP contribution is 2.33. The number of rotatable bonds is 3. The molecule has 0 fully saturated rings. The highest BCUT2D eigenvalue weighted by molar-refractivity contribution is 6.31. The van der Waals surface area contributed by atoms with Gasteiger partial charge in [0.2, 0.25) is 5.75 Å².